The van der Waals surface area contributed by atoms with Crippen molar-refractivity contribution in [1.29, 1.82) is 0 Å². The molecule has 2 atom stereocenters. The van der Waals surface area contributed by atoms with Crippen molar-refractivity contribution in [3.63, 3.8) is 0 Å². The van der Waals surface area contributed by atoms with Gasteiger partial charge < -0.3 is 15.0 Å². The van der Waals surface area contributed by atoms with Gasteiger partial charge in [0.05, 0.1) is 13.2 Å². The number of rotatable bonds is 6. The minimum absolute atomic E-state index is 0.394. The summed E-state index contributed by atoms with van der Waals surface area (Å²) in [6, 6.07) is 1.41. The lowest BCUT2D eigenvalue weighted by molar-refractivity contribution is -0.0333. The van der Waals surface area contributed by atoms with Crippen molar-refractivity contribution in [3.05, 3.63) is 0 Å². The molecule has 3 rings (SSSR count). The molecule has 22 heavy (non-hydrogen) atoms. The zero-order chi connectivity index (χ0) is 15.4. The molecule has 3 aliphatic rings. The largest absolute Gasteiger partial charge is 0.379 e. The Bertz CT molecular complexity index is 337. The second kappa shape index (κ2) is 7.61. The molecule has 0 radical (unpaired) electrons. The average Bonchev–Trinajstić information content (AvgIpc) is 3.19. The molecular weight excluding hydrogens is 274 g/mol. The predicted octanol–water partition coefficient (Wildman–Crippen LogP) is 2.09. The maximum Gasteiger partial charge on any atom is 0.0594 e. The Hall–Kier alpha value is -0.160. The van der Waals surface area contributed by atoms with Crippen LogP contribution < -0.4 is 5.32 Å². The Kier molecular flexibility index (Phi) is 5.77. The summed E-state index contributed by atoms with van der Waals surface area (Å²) in [7, 11) is 2.29. The Morgan fingerprint density at radius 2 is 1.86 bits per heavy atom. The van der Waals surface area contributed by atoms with E-state index in [9.17, 15) is 0 Å². The van der Waals surface area contributed by atoms with E-state index in [2.05, 4.69) is 29.1 Å². The fourth-order valence-corrected chi connectivity index (χ4v) is 5.02. The van der Waals surface area contributed by atoms with E-state index in [1.165, 1.54) is 58.0 Å². The summed E-state index contributed by atoms with van der Waals surface area (Å²) in [5.41, 5.74) is 0.394. The highest BCUT2D eigenvalue weighted by molar-refractivity contribution is 5.02. The molecule has 2 heterocycles. The number of likely N-dealkylation sites (tertiary alicyclic amines) is 1. The fourth-order valence-electron chi connectivity index (χ4n) is 5.02. The van der Waals surface area contributed by atoms with E-state index < -0.39 is 0 Å². The Labute approximate surface area is 136 Å². The summed E-state index contributed by atoms with van der Waals surface area (Å²) in [5.74, 6) is 0. The molecule has 2 saturated heterocycles. The van der Waals surface area contributed by atoms with Crippen LogP contribution in [0.3, 0.4) is 0 Å². The van der Waals surface area contributed by atoms with E-state index in [0.29, 0.717) is 11.6 Å². The number of nitrogens with one attached hydrogen (secondary N) is 1. The highest BCUT2D eigenvalue weighted by Gasteiger charge is 2.44. The summed E-state index contributed by atoms with van der Waals surface area (Å²) in [4.78, 5) is 5.28. The van der Waals surface area contributed by atoms with Gasteiger partial charge in [0.1, 0.15) is 0 Å². The zero-order valence-corrected chi connectivity index (χ0v) is 14.6. The minimum atomic E-state index is 0.394. The molecule has 0 aromatic heterocycles. The van der Waals surface area contributed by atoms with Crippen LogP contribution in [0.25, 0.3) is 0 Å². The van der Waals surface area contributed by atoms with Crippen molar-refractivity contribution in [1.82, 2.24) is 15.1 Å². The van der Waals surface area contributed by atoms with Gasteiger partial charge in [-0.05, 0) is 59.2 Å². The SMILES string of the molecule is C[C@H](NCC[C@@H]1CCCN1C)C1(N2CCOCC2)CCCC1. The zero-order valence-electron chi connectivity index (χ0n) is 14.6. The normalized spacial score (nSPS) is 31.6. The molecule has 4 nitrogen and oxygen atoms in total. The first-order chi connectivity index (χ1) is 10.7. The topological polar surface area (TPSA) is 27.7 Å². The minimum Gasteiger partial charge on any atom is -0.379 e. The van der Waals surface area contributed by atoms with Gasteiger partial charge in [0, 0.05) is 30.7 Å². The molecule has 1 aliphatic carbocycles. The Balaban J connectivity index is 1.52. The van der Waals surface area contributed by atoms with Crippen LogP contribution in [0.2, 0.25) is 0 Å². The van der Waals surface area contributed by atoms with Gasteiger partial charge in [-0.15, -0.1) is 0 Å². The maximum atomic E-state index is 5.58. The first kappa shape index (κ1) is 16.7. The van der Waals surface area contributed by atoms with E-state index in [1.807, 2.05) is 0 Å². The van der Waals surface area contributed by atoms with Crippen molar-refractivity contribution in [2.45, 2.75) is 69.5 Å². The maximum absolute atomic E-state index is 5.58. The van der Waals surface area contributed by atoms with Gasteiger partial charge in [-0.2, -0.15) is 0 Å². The molecule has 1 saturated carbocycles. The van der Waals surface area contributed by atoms with E-state index >= 15 is 0 Å². The van der Waals surface area contributed by atoms with Crippen LogP contribution in [0.15, 0.2) is 0 Å². The van der Waals surface area contributed by atoms with Gasteiger partial charge in [0.2, 0.25) is 0 Å². The van der Waals surface area contributed by atoms with Crippen LogP contribution in [0.4, 0.5) is 0 Å². The summed E-state index contributed by atoms with van der Waals surface area (Å²) >= 11 is 0. The summed E-state index contributed by atoms with van der Waals surface area (Å²) in [5, 5.41) is 3.90. The van der Waals surface area contributed by atoms with Crippen molar-refractivity contribution >= 4 is 0 Å². The quantitative estimate of drug-likeness (QED) is 0.813. The number of hydrogen-bond acceptors (Lipinski definition) is 4. The third kappa shape index (κ3) is 3.50. The fraction of sp³-hybridized carbons (Fsp3) is 1.00. The molecule has 0 spiro atoms. The number of morpholine rings is 1. The number of ether oxygens (including phenoxy) is 1. The molecule has 0 amide bonds. The molecule has 3 fully saturated rings. The van der Waals surface area contributed by atoms with Gasteiger partial charge in [-0.1, -0.05) is 12.8 Å². The van der Waals surface area contributed by atoms with Crippen LogP contribution in [-0.4, -0.2) is 73.9 Å². The highest BCUT2D eigenvalue weighted by atomic mass is 16.5. The third-order valence-corrected chi connectivity index (χ3v) is 6.52. The van der Waals surface area contributed by atoms with E-state index in [4.69, 9.17) is 4.74 Å². The molecule has 128 valence electrons. The Morgan fingerprint density at radius 3 is 2.50 bits per heavy atom. The highest BCUT2D eigenvalue weighted by Crippen LogP contribution is 2.38. The Morgan fingerprint density at radius 1 is 1.14 bits per heavy atom. The van der Waals surface area contributed by atoms with Crippen LogP contribution in [0.5, 0.6) is 0 Å². The molecule has 1 N–H and O–H groups in total. The third-order valence-electron chi connectivity index (χ3n) is 6.52. The number of hydrogen-bond donors (Lipinski definition) is 1. The molecular formula is C18H35N3O. The molecule has 2 aliphatic heterocycles. The summed E-state index contributed by atoms with van der Waals surface area (Å²) < 4.78 is 5.58. The van der Waals surface area contributed by atoms with Crippen LogP contribution >= 0.6 is 0 Å². The van der Waals surface area contributed by atoms with Crippen molar-refractivity contribution < 1.29 is 4.74 Å². The van der Waals surface area contributed by atoms with Gasteiger partial charge in [0.15, 0.2) is 0 Å². The standard InChI is InChI=1S/C18H35N3O/c1-16(19-10-7-17-6-5-11-20(17)2)18(8-3-4-9-18)21-12-14-22-15-13-21/h16-17,19H,3-15H2,1-2H3/t16-,17-/m0/s1. The molecule has 4 heteroatoms. The average molecular weight is 309 g/mol. The summed E-state index contributed by atoms with van der Waals surface area (Å²) in [6.45, 7) is 8.97. The molecule has 0 aromatic carbocycles. The van der Waals surface area contributed by atoms with Gasteiger partial charge in [0.25, 0.3) is 0 Å². The molecule has 0 bridgehead atoms. The van der Waals surface area contributed by atoms with Gasteiger partial charge in [-0.25, -0.2) is 0 Å². The second-order valence-electron chi connectivity index (χ2n) is 7.65. The number of nitrogens with zero attached hydrogens (tertiary/aromatic N) is 2. The van der Waals surface area contributed by atoms with Crippen LogP contribution in [0, 0.1) is 0 Å². The summed E-state index contributed by atoms with van der Waals surface area (Å²) in [6.07, 6.45) is 9.61. The molecule has 0 unspecified atom stereocenters. The van der Waals surface area contributed by atoms with E-state index in [-0.39, 0.29) is 0 Å². The van der Waals surface area contributed by atoms with Gasteiger partial charge >= 0.3 is 0 Å². The first-order valence-electron chi connectivity index (χ1n) is 9.49. The first-order valence-corrected chi connectivity index (χ1v) is 9.49. The van der Waals surface area contributed by atoms with E-state index in [1.54, 1.807) is 0 Å². The lowest BCUT2D eigenvalue weighted by atomic mass is 9.86. The van der Waals surface area contributed by atoms with Crippen molar-refractivity contribution in [3.8, 4) is 0 Å². The lowest BCUT2D eigenvalue weighted by Crippen LogP contribution is -2.61. The van der Waals surface area contributed by atoms with Crippen LogP contribution in [-0.2, 0) is 4.74 Å². The lowest BCUT2D eigenvalue weighted by Gasteiger charge is -2.47. The molecule has 0 aromatic rings. The van der Waals surface area contributed by atoms with Crippen molar-refractivity contribution in [2.24, 2.45) is 0 Å². The second-order valence-corrected chi connectivity index (χ2v) is 7.65. The van der Waals surface area contributed by atoms with Crippen LogP contribution in [0.1, 0.15) is 51.9 Å². The smallest absolute Gasteiger partial charge is 0.0594 e. The van der Waals surface area contributed by atoms with Gasteiger partial charge in [-0.3, -0.25) is 4.90 Å². The predicted molar refractivity (Wildman–Crippen MR) is 91.3 cm³/mol. The van der Waals surface area contributed by atoms with Crippen molar-refractivity contribution in [2.75, 3.05) is 46.4 Å². The monoisotopic (exact) mass is 309 g/mol. The van der Waals surface area contributed by atoms with E-state index in [0.717, 1.165) is 32.3 Å².